The molecule has 1 aromatic heterocycles. The Balaban J connectivity index is 2.41. The standard InChI is InChI=1S/C12H13N3O/c1-10-3-5-11(6-4-10)15-8-12(7-13-16)14(2)9-15/h3-9H,1-2H3/p+1/b13-7+. The summed E-state index contributed by atoms with van der Waals surface area (Å²) in [4.78, 5) is 0. The van der Waals surface area contributed by atoms with E-state index in [1.165, 1.54) is 11.8 Å². The van der Waals surface area contributed by atoms with Crippen molar-refractivity contribution in [3.05, 3.63) is 48.0 Å². The molecule has 4 heteroatoms. The highest BCUT2D eigenvalue weighted by atomic mass is 16.4. The second-order valence-electron chi connectivity index (χ2n) is 3.77. The molecule has 0 amide bonds. The van der Waals surface area contributed by atoms with Gasteiger partial charge in [-0.2, -0.15) is 0 Å². The summed E-state index contributed by atoms with van der Waals surface area (Å²) in [6.07, 6.45) is 5.25. The average molecular weight is 216 g/mol. The summed E-state index contributed by atoms with van der Waals surface area (Å²) in [5, 5.41) is 11.5. The van der Waals surface area contributed by atoms with Gasteiger partial charge < -0.3 is 5.21 Å². The van der Waals surface area contributed by atoms with Crippen LogP contribution in [-0.2, 0) is 7.05 Å². The van der Waals surface area contributed by atoms with Gasteiger partial charge in [-0.05, 0) is 19.1 Å². The number of benzene rings is 1. The van der Waals surface area contributed by atoms with Gasteiger partial charge in [0.15, 0.2) is 5.69 Å². The average Bonchev–Trinajstić information content (AvgIpc) is 2.62. The lowest BCUT2D eigenvalue weighted by atomic mass is 10.2. The van der Waals surface area contributed by atoms with E-state index in [9.17, 15) is 0 Å². The molecular weight excluding hydrogens is 202 g/mol. The lowest BCUT2D eigenvalue weighted by Crippen LogP contribution is -2.27. The third-order valence-corrected chi connectivity index (χ3v) is 2.50. The van der Waals surface area contributed by atoms with Gasteiger partial charge in [0.05, 0.1) is 7.05 Å². The molecule has 82 valence electrons. The van der Waals surface area contributed by atoms with Crippen LogP contribution >= 0.6 is 0 Å². The van der Waals surface area contributed by atoms with Gasteiger partial charge in [0, 0.05) is 0 Å². The second-order valence-corrected chi connectivity index (χ2v) is 3.77. The summed E-state index contributed by atoms with van der Waals surface area (Å²) < 4.78 is 3.87. The maximum Gasteiger partial charge on any atom is 0.249 e. The molecule has 0 bridgehead atoms. The van der Waals surface area contributed by atoms with E-state index in [0.29, 0.717) is 0 Å². The van der Waals surface area contributed by atoms with Crippen LogP contribution in [0.2, 0.25) is 0 Å². The summed E-state index contributed by atoms with van der Waals surface area (Å²) in [5.41, 5.74) is 3.15. The molecule has 0 fully saturated rings. The van der Waals surface area contributed by atoms with E-state index in [2.05, 4.69) is 36.3 Å². The van der Waals surface area contributed by atoms with Crippen molar-refractivity contribution in [3.8, 4) is 5.69 Å². The Morgan fingerprint density at radius 2 is 2.00 bits per heavy atom. The normalized spacial score (nSPS) is 11.1. The Hall–Kier alpha value is -2.10. The molecule has 0 saturated carbocycles. The molecule has 1 N–H and O–H groups in total. The summed E-state index contributed by atoms with van der Waals surface area (Å²) in [7, 11) is 1.90. The molecule has 0 atom stereocenters. The molecule has 2 aromatic rings. The molecule has 0 aliphatic rings. The molecule has 0 unspecified atom stereocenters. The topological polar surface area (TPSA) is 41.4 Å². The predicted octanol–water partition coefficient (Wildman–Crippen LogP) is 1.42. The first kappa shape index (κ1) is 10.4. The van der Waals surface area contributed by atoms with Crippen LogP contribution < -0.4 is 4.57 Å². The van der Waals surface area contributed by atoms with Gasteiger partial charge in [-0.15, -0.1) is 0 Å². The fourth-order valence-corrected chi connectivity index (χ4v) is 1.56. The molecule has 0 spiro atoms. The van der Waals surface area contributed by atoms with Crippen LogP contribution in [-0.4, -0.2) is 16.0 Å². The van der Waals surface area contributed by atoms with E-state index < -0.39 is 0 Å². The van der Waals surface area contributed by atoms with Gasteiger partial charge in [-0.1, -0.05) is 22.9 Å². The van der Waals surface area contributed by atoms with Gasteiger partial charge in [0.25, 0.3) is 0 Å². The van der Waals surface area contributed by atoms with Crippen LogP contribution in [0.1, 0.15) is 11.3 Å². The third-order valence-electron chi connectivity index (χ3n) is 2.50. The van der Waals surface area contributed by atoms with Crippen molar-refractivity contribution in [2.75, 3.05) is 0 Å². The smallest absolute Gasteiger partial charge is 0.249 e. The van der Waals surface area contributed by atoms with Crippen molar-refractivity contribution in [2.24, 2.45) is 12.2 Å². The first-order valence-corrected chi connectivity index (χ1v) is 5.03. The minimum Gasteiger partial charge on any atom is -0.411 e. The number of aromatic nitrogens is 2. The van der Waals surface area contributed by atoms with Gasteiger partial charge in [0.2, 0.25) is 6.33 Å². The van der Waals surface area contributed by atoms with E-state index in [4.69, 9.17) is 5.21 Å². The quantitative estimate of drug-likeness (QED) is 0.351. The largest absolute Gasteiger partial charge is 0.411 e. The number of hydrogen-bond donors (Lipinski definition) is 1. The summed E-state index contributed by atoms with van der Waals surface area (Å²) in [5.74, 6) is 0. The molecule has 0 aliphatic heterocycles. The molecule has 0 saturated heterocycles. The first-order valence-electron chi connectivity index (χ1n) is 5.03. The summed E-state index contributed by atoms with van der Waals surface area (Å²) in [6.45, 7) is 2.06. The van der Waals surface area contributed by atoms with Crippen LogP contribution in [0.15, 0.2) is 41.9 Å². The number of oxime groups is 1. The maximum atomic E-state index is 8.51. The van der Waals surface area contributed by atoms with Crippen molar-refractivity contribution >= 4 is 6.21 Å². The Bertz CT molecular complexity index is 512. The van der Waals surface area contributed by atoms with Crippen LogP contribution in [0.3, 0.4) is 0 Å². The molecule has 1 aromatic carbocycles. The Kier molecular flexibility index (Phi) is 2.72. The maximum absolute atomic E-state index is 8.51. The minimum absolute atomic E-state index is 0.836. The Morgan fingerprint density at radius 1 is 1.31 bits per heavy atom. The highest BCUT2D eigenvalue weighted by molar-refractivity contribution is 5.75. The Labute approximate surface area is 94.1 Å². The van der Waals surface area contributed by atoms with Crippen molar-refractivity contribution in [2.45, 2.75) is 6.92 Å². The monoisotopic (exact) mass is 216 g/mol. The number of nitrogens with zero attached hydrogens (tertiary/aromatic N) is 3. The van der Waals surface area contributed by atoms with E-state index in [1.807, 2.05) is 28.7 Å². The van der Waals surface area contributed by atoms with E-state index in [-0.39, 0.29) is 0 Å². The van der Waals surface area contributed by atoms with Crippen molar-refractivity contribution in [1.29, 1.82) is 0 Å². The second kappa shape index (κ2) is 4.18. The van der Waals surface area contributed by atoms with Crippen molar-refractivity contribution in [1.82, 2.24) is 4.57 Å². The summed E-state index contributed by atoms with van der Waals surface area (Å²) >= 11 is 0. The zero-order valence-corrected chi connectivity index (χ0v) is 9.33. The zero-order chi connectivity index (χ0) is 11.5. The molecule has 2 rings (SSSR count). The number of hydrogen-bond acceptors (Lipinski definition) is 2. The highest BCUT2D eigenvalue weighted by Crippen LogP contribution is 2.03. The fourth-order valence-electron chi connectivity index (χ4n) is 1.56. The summed E-state index contributed by atoms with van der Waals surface area (Å²) in [6, 6.07) is 8.23. The number of imidazole rings is 1. The van der Waals surface area contributed by atoms with Crippen molar-refractivity contribution < 1.29 is 9.77 Å². The highest BCUT2D eigenvalue weighted by Gasteiger charge is 2.09. The molecular formula is C12H14N3O+. The van der Waals surface area contributed by atoms with E-state index >= 15 is 0 Å². The van der Waals surface area contributed by atoms with Crippen LogP contribution in [0, 0.1) is 6.92 Å². The molecule has 16 heavy (non-hydrogen) atoms. The van der Waals surface area contributed by atoms with E-state index in [1.54, 1.807) is 0 Å². The van der Waals surface area contributed by atoms with Crippen LogP contribution in [0.4, 0.5) is 0 Å². The third kappa shape index (κ3) is 1.95. The zero-order valence-electron chi connectivity index (χ0n) is 9.33. The van der Waals surface area contributed by atoms with Crippen LogP contribution in [0.5, 0.6) is 0 Å². The molecule has 1 heterocycles. The van der Waals surface area contributed by atoms with Gasteiger partial charge in [-0.25, -0.2) is 9.13 Å². The lowest BCUT2D eigenvalue weighted by molar-refractivity contribution is -0.595. The minimum atomic E-state index is 0.836. The molecule has 0 radical (unpaired) electrons. The van der Waals surface area contributed by atoms with Gasteiger partial charge in [0.1, 0.15) is 18.1 Å². The molecule has 4 nitrogen and oxygen atoms in total. The Morgan fingerprint density at radius 3 is 2.62 bits per heavy atom. The SMILES string of the molecule is Cc1ccc(-[n+]2cc(/C=N/O)n(C)c2)cc1. The fraction of sp³-hybridized carbons (Fsp3) is 0.167. The number of rotatable bonds is 2. The van der Waals surface area contributed by atoms with Gasteiger partial charge in [-0.3, -0.25) is 0 Å². The van der Waals surface area contributed by atoms with E-state index in [0.717, 1.165) is 11.4 Å². The first-order chi connectivity index (χ1) is 7.70. The molecule has 0 aliphatic carbocycles. The number of aryl methyl sites for hydroxylation is 2. The van der Waals surface area contributed by atoms with Gasteiger partial charge >= 0.3 is 0 Å². The predicted molar refractivity (Wildman–Crippen MR) is 61.1 cm³/mol. The van der Waals surface area contributed by atoms with Crippen molar-refractivity contribution in [3.63, 3.8) is 0 Å². The van der Waals surface area contributed by atoms with Crippen LogP contribution in [0.25, 0.3) is 5.69 Å². The lowest BCUT2D eigenvalue weighted by Gasteiger charge is -1.95.